The molecule has 4 rings (SSSR count). The van der Waals surface area contributed by atoms with Crippen LogP contribution in [-0.4, -0.2) is 24.7 Å². The van der Waals surface area contributed by atoms with E-state index in [9.17, 15) is 9.59 Å². The number of halogens is 1. The first-order valence-corrected chi connectivity index (χ1v) is 10.5. The number of nitrogens with one attached hydrogen (secondary N) is 1. The number of nitrogens with zero attached hydrogens (tertiary/aromatic N) is 1. The fraction of sp³-hybridized carbons (Fsp3) is 0.0385. The van der Waals surface area contributed by atoms with Gasteiger partial charge in [0.15, 0.2) is 6.61 Å². The first-order chi connectivity index (χ1) is 16.1. The molecule has 0 aliphatic heterocycles. The molecule has 4 aromatic rings. The van der Waals surface area contributed by atoms with Crippen LogP contribution in [0.15, 0.2) is 96.1 Å². The molecule has 0 fully saturated rings. The van der Waals surface area contributed by atoms with E-state index in [2.05, 4.69) is 10.5 Å². The highest BCUT2D eigenvalue weighted by molar-refractivity contribution is 6.30. The number of hydrazone groups is 1. The number of carbonyl (C=O) groups is 2. The topological polar surface area (TPSA) is 77.0 Å². The van der Waals surface area contributed by atoms with Crippen LogP contribution in [0.1, 0.15) is 15.9 Å². The SMILES string of the molecule is O=C(COc1ccccc1)N/N=C\c1c(OC(=O)c2ccc(Cl)cc2)ccc2ccccc12. The molecule has 0 radical (unpaired) electrons. The Balaban J connectivity index is 1.51. The van der Waals surface area contributed by atoms with Crippen LogP contribution in [0, 0.1) is 0 Å². The van der Waals surface area contributed by atoms with Gasteiger partial charge in [-0.3, -0.25) is 4.79 Å². The third-order valence-electron chi connectivity index (χ3n) is 4.71. The fourth-order valence-corrected chi connectivity index (χ4v) is 3.24. The summed E-state index contributed by atoms with van der Waals surface area (Å²) in [5.74, 6) is -0.0544. The molecule has 0 bridgehead atoms. The average Bonchev–Trinajstić information content (AvgIpc) is 2.85. The van der Waals surface area contributed by atoms with Gasteiger partial charge < -0.3 is 9.47 Å². The normalized spacial score (nSPS) is 10.8. The Labute approximate surface area is 195 Å². The van der Waals surface area contributed by atoms with Gasteiger partial charge in [0.25, 0.3) is 5.91 Å². The van der Waals surface area contributed by atoms with Gasteiger partial charge in [-0.05, 0) is 53.2 Å². The number of hydrogen-bond donors (Lipinski definition) is 1. The van der Waals surface area contributed by atoms with Gasteiger partial charge in [-0.25, -0.2) is 10.2 Å². The highest BCUT2D eigenvalue weighted by Crippen LogP contribution is 2.27. The van der Waals surface area contributed by atoms with Crippen molar-refractivity contribution in [2.24, 2.45) is 5.10 Å². The highest BCUT2D eigenvalue weighted by atomic mass is 35.5. The maximum atomic E-state index is 12.6. The summed E-state index contributed by atoms with van der Waals surface area (Å²) in [5.41, 5.74) is 3.35. The predicted molar refractivity (Wildman–Crippen MR) is 128 cm³/mol. The number of fused-ring (bicyclic) bond motifs is 1. The van der Waals surface area contributed by atoms with Crippen molar-refractivity contribution in [2.75, 3.05) is 6.61 Å². The van der Waals surface area contributed by atoms with Gasteiger partial charge in [-0.1, -0.05) is 60.1 Å². The Bertz CT molecular complexity index is 1310. The molecule has 0 atom stereocenters. The van der Waals surface area contributed by atoms with Crippen molar-refractivity contribution >= 4 is 40.5 Å². The van der Waals surface area contributed by atoms with E-state index in [0.29, 0.717) is 27.6 Å². The van der Waals surface area contributed by atoms with Crippen molar-refractivity contribution < 1.29 is 19.1 Å². The first kappa shape index (κ1) is 22.0. The van der Waals surface area contributed by atoms with Crippen molar-refractivity contribution in [3.63, 3.8) is 0 Å². The van der Waals surface area contributed by atoms with Gasteiger partial charge in [-0.2, -0.15) is 5.10 Å². The number of benzene rings is 4. The quantitative estimate of drug-likeness (QED) is 0.178. The van der Waals surface area contributed by atoms with Crippen molar-refractivity contribution in [3.05, 3.63) is 107 Å². The first-order valence-electron chi connectivity index (χ1n) is 10.1. The summed E-state index contributed by atoms with van der Waals surface area (Å²) >= 11 is 5.89. The van der Waals surface area contributed by atoms with Crippen LogP contribution in [0.25, 0.3) is 10.8 Å². The Morgan fingerprint density at radius 1 is 0.879 bits per heavy atom. The molecular formula is C26H19ClN2O4. The van der Waals surface area contributed by atoms with E-state index in [0.717, 1.165) is 10.8 Å². The second kappa shape index (κ2) is 10.4. The van der Waals surface area contributed by atoms with Crippen molar-refractivity contribution in [3.8, 4) is 11.5 Å². The Morgan fingerprint density at radius 3 is 2.39 bits per heavy atom. The molecule has 1 N–H and O–H groups in total. The number of para-hydroxylation sites is 1. The maximum absolute atomic E-state index is 12.6. The van der Waals surface area contributed by atoms with Crippen LogP contribution in [0.5, 0.6) is 11.5 Å². The minimum absolute atomic E-state index is 0.185. The lowest BCUT2D eigenvalue weighted by atomic mass is 10.0. The summed E-state index contributed by atoms with van der Waals surface area (Å²) in [6, 6.07) is 26.6. The number of amides is 1. The molecule has 0 saturated heterocycles. The second-order valence-electron chi connectivity index (χ2n) is 6.99. The Kier molecular flexibility index (Phi) is 6.97. The minimum atomic E-state index is -0.531. The molecule has 6 nitrogen and oxygen atoms in total. The third kappa shape index (κ3) is 5.75. The van der Waals surface area contributed by atoms with Crippen molar-refractivity contribution in [1.82, 2.24) is 5.43 Å². The van der Waals surface area contributed by atoms with Gasteiger partial charge in [0, 0.05) is 10.6 Å². The van der Waals surface area contributed by atoms with Crippen LogP contribution < -0.4 is 14.9 Å². The smallest absolute Gasteiger partial charge is 0.343 e. The van der Waals surface area contributed by atoms with E-state index in [1.807, 2.05) is 48.5 Å². The maximum Gasteiger partial charge on any atom is 0.343 e. The molecule has 33 heavy (non-hydrogen) atoms. The minimum Gasteiger partial charge on any atom is -0.484 e. The third-order valence-corrected chi connectivity index (χ3v) is 4.96. The van der Waals surface area contributed by atoms with E-state index in [4.69, 9.17) is 21.1 Å². The van der Waals surface area contributed by atoms with Crippen molar-refractivity contribution in [1.29, 1.82) is 0 Å². The molecule has 0 aliphatic carbocycles. The van der Waals surface area contributed by atoms with Crippen LogP contribution in [-0.2, 0) is 4.79 Å². The van der Waals surface area contributed by atoms with E-state index < -0.39 is 11.9 Å². The Hall–Kier alpha value is -4.16. The molecule has 0 aromatic heterocycles. The van der Waals surface area contributed by atoms with E-state index >= 15 is 0 Å². The summed E-state index contributed by atoms with van der Waals surface area (Å²) < 4.78 is 11.0. The summed E-state index contributed by atoms with van der Waals surface area (Å²) in [7, 11) is 0. The van der Waals surface area contributed by atoms with Gasteiger partial charge >= 0.3 is 5.97 Å². The summed E-state index contributed by atoms with van der Waals surface area (Å²) in [4.78, 5) is 24.7. The van der Waals surface area contributed by atoms with Crippen LogP contribution >= 0.6 is 11.6 Å². The molecule has 0 heterocycles. The number of hydrogen-bond acceptors (Lipinski definition) is 5. The van der Waals surface area contributed by atoms with Gasteiger partial charge in [0.05, 0.1) is 11.8 Å². The summed E-state index contributed by atoms with van der Waals surface area (Å²) in [5, 5.41) is 6.32. The van der Waals surface area contributed by atoms with E-state index in [1.165, 1.54) is 6.21 Å². The summed E-state index contributed by atoms with van der Waals surface area (Å²) in [6.07, 6.45) is 1.45. The Morgan fingerprint density at radius 2 is 1.61 bits per heavy atom. The predicted octanol–water partition coefficient (Wildman–Crippen LogP) is 5.24. The lowest BCUT2D eigenvalue weighted by Crippen LogP contribution is -2.24. The number of carbonyl (C=O) groups excluding carboxylic acids is 2. The molecule has 0 saturated carbocycles. The molecule has 0 unspecified atom stereocenters. The standard InChI is InChI=1S/C26H19ClN2O4/c27-20-13-10-19(11-14-20)26(31)33-24-15-12-18-6-4-5-9-22(18)23(24)16-28-29-25(30)17-32-21-7-2-1-3-8-21/h1-16H,17H2,(H,29,30)/b28-16-. The summed E-state index contributed by atoms with van der Waals surface area (Å²) in [6.45, 7) is -0.185. The molecule has 4 aromatic carbocycles. The number of rotatable bonds is 7. The van der Waals surface area contributed by atoms with Crippen LogP contribution in [0.3, 0.4) is 0 Å². The van der Waals surface area contributed by atoms with Gasteiger partial charge in [0.1, 0.15) is 11.5 Å². The van der Waals surface area contributed by atoms with E-state index in [-0.39, 0.29) is 6.61 Å². The second-order valence-corrected chi connectivity index (χ2v) is 7.43. The zero-order chi connectivity index (χ0) is 23.0. The molecular weight excluding hydrogens is 440 g/mol. The number of ether oxygens (including phenoxy) is 2. The van der Waals surface area contributed by atoms with Crippen LogP contribution in [0.2, 0.25) is 5.02 Å². The van der Waals surface area contributed by atoms with Crippen molar-refractivity contribution in [2.45, 2.75) is 0 Å². The molecule has 164 valence electrons. The van der Waals surface area contributed by atoms with Crippen LogP contribution in [0.4, 0.5) is 0 Å². The number of esters is 1. The molecule has 1 amide bonds. The molecule has 7 heteroatoms. The fourth-order valence-electron chi connectivity index (χ4n) is 3.11. The highest BCUT2D eigenvalue weighted by Gasteiger charge is 2.13. The zero-order valence-corrected chi connectivity index (χ0v) is 18.2. The van der Waals surface area contributed by atoms with Gasteiger partial charge in [-0.15, -0.1) is 0 Å². The lowest BCUT2D eigenvalue weighted by molar-refractivity contribution is -0.123. The van der Waals surface area contributed by atoms with E-state index in [1.54, 1.807) is 42.5 Å². The largest absolute Gasteiger partial charge is 0.484 e. The lowest BCUT2D eigenvalue weighted by Gasteiger charge is -2.11. The average molecular weight is 459 g/mol. The molecule has 0 aliphatic rings. The molecule has 0 spiro atoms. The van der Waals surface area contributed by atoms with Gasteiger partial charge in [0.2, 0.25) is 0 Å². The monoisotopic (exact) mass is 458 g/mol. The zero-order valence-electron chi connectivity index (χ0n) is 17.4.